The topological polar surface area (TPSA) is 90.1 Å². The molecule has 0 spiro atoms. The summed E-state index contributed by atoms with van der Waals surface area (Å²) in [4.78, 5) is 14.4. The molecule has 6 heteroatoms. The second-order valence-electron chi connectivity index (χ2n) is 2.97. The van der Waals surface area contributed by atoms with Crippen LogP contribution in [0, 0.1) is 0 Å². The fourth-order valence-corrected chi connectivity index (χ4v) is 1.39. The Hall–Kier alpha value is -0.980. The quantitative estimate of drug-likeness (QED) is 0.498. The van der Waals surface area contributed by atoms with E-state index in [1.807, 2.05) is 0 Å². The summed E-state index contributed by atoms with van der Waals surface area (Å²) in [5, 5.41) is 26.9. The molecule has 3 N–H and O–H groups in total. The number of amidine groups is 1. The number of carboxylic acids is 1. The Balaban J connectivity index is 2.66. The average molecular weight is 189 g/mol. The number of hydroxylamine groups is 3. The van der Waals surface area contributed by atoms with Crippen molar-refractivity contribution >= 4 is 11.8 Å². The molecule has 0 saturated carbocycles. The van der Waals surface area contributed by atoms with E-state index < -0.39 is 17.2 Å². The van der Waals surface area contributed by atoms with Crippen LogP contribution >= 0.6 is 0 Å². The predicted octanol–water partition coefficient (Wildman–Crippen LogP) is -0.929. The highest BCUT2D eigenvalue weighted by molar-refractivity contribution is 5.79. The standard InChI is InChI=1S/C7H12N2O4/c10-4-1-6-8-2-3-9(6,13)5-7(11)12/h10,13H,1-5H2/p+1. The number of hydrogen-bond donors (Lipinski definition) is 3. The van der Waals surface area contributed by atoms with Crippen LogP contribution in [0.4, 0.5) is 0 Å². The Morgan fingerprint density at radius 1 is 1.62 bits per heavy atom. The Morgan fingerprint density at radius 2 is 2.31 bits per heavy atom. The summed E-state index contributed by atoms with van der Waals surface area (Å²) in [7, 11) is 0. The number of aliphatic hydroxyl groups is 1. The van der Waals surface area contributed by atoms with Crippen LogP contribution in [0.15, 0.2) is 4.99 Å². The first kappa shape index (κ1) is 10.1. The highest BCUT2D eigenvalue weighted by atomic mass is 16.6. The van der Waals surface area contributed by atoms with E-state index in [1.165, 1.54) is 0 Å². The van der Waals surface area contributed by atoms with E-state index in [9.17, 15) is 10.0 Å². The largest absolute Gasteiger partial charge is 0.477 e. The van der Waals surface area contributed by atoms with Crippen LogP contribution in [0.2, 0.25) is 0 Å². The third-order valence-corrected chi connectivity index (χ3v) is 1.98. The van der Waals surface area contributed by atoms with E-state index in [0.29, 0.717) is 12.4 Å². The SMILES string of the molecule is O=C(O)C[N+]1(O)CCN=C1CCO. The van der Waals surface area contributed by atoms with Crippen molar-refractivity contribution in [1.82, 2.24) is 0 Å². The van der Waals surface area contributed by atoms with Crippen molar-refractivity contribution in [3.8, 4) is 0 Å². The molecule has 0 saturated heterocycles. The molecule has 0 bridgehead atoms. The summed E-state index contributed by atoms with van der Waals surface area (Å²) < 4.78 is -0.657. The van der Waals surface area contributed by atoms with Crippen LogP contribution in [-0.2, 0) is 4.79 Å². The number of nitrogens with zero attached hydrogens (tertiary/aromatic N) is 2. The van der Waals surface area contributed by atoms with Crippen LogP contribution in [0.1, 0.15) is 6.42 Å². The van der Waals surface area contributed by atoms with E-state index in [0.717, 1.165) is 0 Å². The average Bonchev–Trinajstić information content (AvgIpc) is 2.32. The van der Waals surface area contributed by atoms with Gasteiger partial charge in [0.15, 0.2) is 0 Å². The van der Waals surface area contributed by atoms with Crippen molar-refractivity contribution in [2.75, 3.05) is 26.2 Å². The maximum Gasteiger partial charge on any atom is 0.362 e. The van der Waals surface area contributed by atoms with Crippen molar-refractivity contribution in [3.05, 3.63) is 0 Å². The third-order valence-electron chi connectivity index (χ3n) is 1.98. The first-order valence-corrected chi connectivity index (χ1v) is 4.05. The summed E-state index contributed by atoms with van der Waals surface area (Å²) >= 11 is 0. The van der Waals surface area contributed by atoms with Crippen LogP contribution in [-0.4, -0.2) is 58.1 Å². The van der Waals surface area contributed by atoms with E-state index in [4.69, 9.17) is 10.2 Å². The van der Waals surface area contributed by atoms with Gasteiger partial charge in [-0.3, -0.25) is 0 Å². The number of quaternary nitrogens is 1. The molecule has 1 atom stereocenters. The Labute approximate surface area is 75.3 Å². The molecular weight excluding hydrogens is 176 g/mol. The molecule has 0 aromatic rings. The van der Waals surface area contributed by atoms with Crippen LogP contribution in [0.25, 0.3) is 0 Å². The minimum absolute atomic E-state index is 0.126. The molecule has 0 amide bonds. The molecule has 0 aromatic carbocycles. The number of rotatable bonds is 4. The van der Waals surface area contributed by atoms with Crippen molar-refractivity contribution < 1.29 is 24.9 Å². The molecule has 0 radical (unpaired) electrons. The summed E-state index contributed by atoms with van der Waals surface area (Å²) in [5.41, 5.74) is 0. The summed E-state index contributed by atoms with van der Waals surface area (Å²) in [6.45, 7) is 0.179. The maximum absolute atomic E-state index is 10.4. The first-order chi connectivity index (χ1) is 6.08. The number of aliphatic carboxylic acids is 1. The fourth-order valence-electron chi connectivity index (χ4n) is 1.39. The van der Waals surface area contributed by atoms with Gasteiger partial charge < -0.3 is 10.2 Å². The minimum atomic E-state index is -1.07. The summed E-state index contributed by atoms with van der Waals surface area (Å²) in [6, 6.07) is 0. The van der Waals surface area contributed by atoms with E-state index in [2.05, 4.69) is 4.99 Å². The van der Waals surface area contributed by atoms with Gasteiger partial charge in [-0.1, -0.05) is 0 Å². The van der Waals surface area contributed by atoms with Gasteiger partial charge in [0, 0.05) is 0 Å². The summed E-state index contributed by atoms with van der Waals surface area (Å²) in [6.07, 6.45) is 0.226. The molecule has 1 rings (SSSR count). The Kier molecular flexibility index (Phi) is 2.97. The van der Waals surface area contributed by atoms with E-state index >= 15 is 0 Å². The molecule has 6 nitrogen and oxygen atoms in total. The monoisotopic (exact) mass is 189 g/mol. The maximum atomic E-state index is 10.4. The zero-order valence-corrected chi connectivity index (χ0v) is 7.18. The Morgan fingerprint density at radius 3 is 2.85 bits per heavy atom. The number of hydrogen-bond acceptors (Lipinski definition) is 4. The lowest BCUT2D eigenvalue weighted by molar-refractivity contribution is -1.02. The van der Waals surface area contributed by atoms with Gasteiger partial charge in [-0.2, -0.15) is 0 Å². The lowest BCUT2D eigenvalue weighted by atomic mass is 10.3. The molecular formula is C7H13N2O4+. The van der Waals surface area contributed by atoms with E-state index in [1.54, 1.807) is 0 Å². The molecule has 1 aliphatic rings. The second kappa shape index (κ2) is 3.82. The number of carboxylic acid groups (broad SMARTS) is 1. The molecule has 1 heterocycles. The minimum Gasteiger partial charge on any atom is -0.477 e. The van der Waals surface area contributed by atoms with Crippen molar-refractivity contribution in [3.63, 3.8) is 0 Å². The zero-order chi connectivity index (χ0) is 9.90. The van der Waals surface area contributed by atoms with Crippen molar-refractivity contribution in [2.45, 2.75) is 6.42 Å². The highest BCUT2D eigenvalue weighted by Crippen LogP contribution is 2.13. The van der Waals surface area contributed by atoms with Gasteiger partial charge in [0.1, 0.15) is 6.54 Å². The third kappa shape index (κ3) is 2.24. The molecule has 1 aliphatic heterocycles. The molecule has 0 aliphatic carbocycles. The smallest absolute Gasteiger partial charge is 0.362 e. The molecule has 1 unspecified atom stereocenters. The van der Waals surface area contributed by atoms with Crippen LogP contribution in [0.5, 0.6) is 0 Å². The van der Waals surface area contributed by atoms with Crippen LogP contribution in [0.3, 0.4) is 0 Å². The fraction of sp³-hybridized carbons (Fsp3) is 0.714. The normalized spacial score (nSPS) is 27.4. The number of aliphatic imine (C=N–C) groups is 1. The van der Waals surface area contributed by atoms with Gasteiger partial charge >= 0.3 is 5.97 Å². The van der Waals surface area contributed by atoms with Gasteiger partial charge in [0.05, 0.1) is 19.6 Å². The molecule has 0 fully saturated rings. The summed E-state index contributed by atoms with van der Waals surface area (Å²) in [5.74, 6) is -0.722. The van der Waals surface area contributed by atoms with Gasteiger partial charge in [-0.25, -0.2) is 15.0 Å². The number of carbonyl (C=O) groups is 1. The molecule has 74 valence electrons. The van der Waals surface area contributed by atoms with Gasteiger partial charge in [-0.15, -0.1) is 4.65 Å². The van der Waals surface area contributed by atoms with Gasteiger partial charge in [0.2, 0.25) is 12.4 Å². The second-order valence-corrected chi connectivity index (χ2v) is 2.97. The molecule has 13 heavy (non-hydrogen) atoms. The number of aliphatic hydroxyl groups excluding tert-OH is 1. The Bertz CT molecular complexity index is 241. The zero-order valence-electron chi connectivity index (χ0n) is 7.18. The van der Waals surface area contributed by atoms with E-state index in [-0.39, 0.29) is 19.6 Å². The lowest BCUT2D eigenvalue weighted by Crippen LogP contribution is -2.51. The van der Waals surface area contributed by atoms with Crippen LogP contribution < -0.4 is 0 Å². The van der Waals surface area contributed by atoms with Crippen molar-refractivity contribution in [1.29, 1.82) is 0 Å². The lowest BCUT2D eigenvalue weighted by Gasteiger charge is -2.23. The van der Waals surface area contributed by atoms with Gasteiger partial charge in [-0.05, 0) is 0 Å². The van der Waals surface area contributed by atoms with Crippen molar-refractivity contribution in [2.24, 2.45) is 4.99 Å². The first-order valence-electron chi connectivity index (χ1n) is 4.05. The van der Waals surface area contributed by atoms with Gasteiger partial charge in [0.25, 0.3) is 0 Å². The highest BCUT2D eigenvalue weighted by Gasteiger charge is 2.39. The predicted molar refractivity (Wildman–Crippen MR) is 43.4 cm³/mol. The molecule has 0 aromatic heterocycles.